The molecular weight excluding hydrogens is 434 g/mol. The molecule has 176 valence electrons. The van der Waals surface area contributed by atoms with Crippen molar-refractivity contribution in [2.24, 2.45) is 0 Å². The molecular formula is C24H26F2N2O5. The van der Waals surface area contributed by atoms with E-state index in [-0.39, 0.29) is 32.0 Å². The highest BCUT2D eigenvalue weighted by molar-refractivity contribution is 5.80. The number of hydrogen-bond donors (Lipinski definition) is 2. The number of nitrogens with zero attached hydrogens (tertiary/aromatic N) is 1. The van der Waals surface area contributed by atoms with Crippen molar-refractivity contribution in [1.82, 2.24) is 10.2 Å². The van der Waals surface area contributed by atoms with Crippen molar-refractivity contribution < 1.29 is 33.0 Å². The van der Waals surface area contributed by atoms with Gasteiger partial charge < -0.3 is 20.1 Å². The third-order valence-electron chi connectivity index (χ3n) is 5.68. The van der Waals surface area contributed by atoms with Gasteiger partial charge in [-0.15, -0.1) is 0 Å². The van der Waals surface area contributed by atoms with Crippen LogP contribution in [0.4, 0.5) is 13.6 Å². The number of carboxylic acid groups (broad SMARTS) is 1. The van der Waals surface area contributed by atoms with Crippen LogP contribution in [0, 0.1) is 0 Å². The van der Waals surface area contributed by atoms with Gasteiger partial charge in [0.05, 0.1) is 12.8 Å². The van der Waals surface area contributed by atoms with E-state index in [0.29, 0.717) is 0 Å². The molecule has 1 aliphatic carbocycles. The lowest BCUT2D eigenvalue weighted by Crippen LogP contribution is -2.45. The van der Waals surface area contributed by atoms with Crippen molar-refractivity contribution in [2.45, 2.75) is 38.2 Å². The van der Waals surface area contributed by atoms with Crippen molar-refractivity contribution in [3.05, 3.63) is 59.7 Å². The summed E-state index contributed by atoms with van der Waals surface area (Å²) < 4.78 is 32.3. The Hall–Kier alpha value is -3.49. The standard InChI is InChI=1S/C24H26F2N2O5/c1-2-28(12-11-22(30)31)21(29)13-20(23(25)26)27-24(32)33-14-19-17-9-5-3-7-15(17)16-8-4-6-10-18(16)19/h3-10,19-20,23H,2,11-14H2,1H3,(H,27,32)(H,30,31). The van der Waals surface area contributed by atoms with Gasteiger partial charge in [0.15, 0.2) is 0 Å². The Labute approximate surface area is 190 Å². The fraction of sp³-hybridized carbons (Fsp3) is 0.375. The number of alkyl halides is 2. The lowest BCUT2D eigenvalue weighted by atomic mass is 9.98. The molecule has 0 fully saturated rings. The van der Waals surface area contributed by atoms with Gasteiger partial charge in [-0.1, -0.05) is 48.5 Å². The van der Waals surface area contributed by atoms with Gasteiger partial charge in [0.2, 0.25) is 5.91 Å². The first kappa shape index (κ1) is 24.2. The van der Waals surface area contributed by atoms with Crippen molar-refractivity contribution in [2.75, 3.05) is 19.7 Å². The van der Waals surface area contributed by atoms with Crippen LogP contribution >= 0.6 is 0 Å². The average Bonchev–Trinajstić information content (AvgIpc) is 3.11. The Morgan fingerprint density at radius 1 is 1.06 bits per heavy atom. The zero-order valence-corrected chi connectivity index (χ0v) is 18.2. The summed E-state index contributed by atoms with van der Waals surface area (Å²) in [6, 6.07) is 13.7. The maximum atomic E-state index is 13.5. The molecule has 0 aromatic heterocycles. The second kappa shape index (κ2) is 10.9. The maximum Gasteiger partial charge on any atom is 0.407 e. The number of rotatable bonds is 10. The van der Waals surface area contributed by atoms with Crippen molar-refractivity contribution >= 4 is 18.0 Å². The molecule has 2 N–H and O–H groups in total. The molecule has 1 unspecified atom stereocenters. The Morgan fingerprint density at radius 3 is 2.15 bits per heavy atom. The van der Waals surface area contributed by atoms with E-state index in [1.54, 1.807) is 6.92 Å². The Bertz CT molecular complexity index is 968. The smallest absolute Gasteiger partial charge is 0.407 e. The molecule has 0 aliphatic heterocycles. The number of aliphatic carboxylic acids is 1. The van der Waals surface area contributed by atoms with E-state index in [4.69, 9.17) is 9.84 Å². The van der Waals surface area contributed by atoms with Crippen LogP contribution in [0.3, 0.4) is 0 Å². The van der Waals surface area contributed by atoms with Crippen LogP contribution < -0.4 is 5.32 Å². The van der Waals surface area contributed by atoms with Gasteiger partial charge in [-0.2, -0.15) is 0 Å². The number of ether oxygens (including phenoxy) is 1. The second-order valence-electron chi connectivity index (χ2n) is 7.73. The van der Waals surface area contributed by atoms with Crippen LogP contribution in [-0.2, 0) is 14.3 Å². The fourth-order valence-corrected chi connectivity index (χ4v) is 4.00. The monoisotopic (exact) mass is 460 g/mol. The van der Waals surface area contributed by atoms with Crippen LogP contribution in [0.5, 0.6) is 0 Å². The number of alkyl carbamates (subject to hydrolysis) is 1. The van der Waals surface area contributed by atoms with Gasteiger partial charge in [-0.05, 0) is 29.2 Å². The molecule has 0 heterocycles. The minimum atomic E-state index is -2.99. The van der Waals surface area contributed by atoms with Gasteiger partial charge in [0, 0.05) is 19.0 Å². The van der Waals surface area contributed by atoms with Crippen molar-refractivity contribution in [1.29, 1.82) is 0 Å². The highest BCUT2D eigenvalue weighted by Gasteiger charge is 2.31. The topological polar surface area (TPSA) is 95.9 Å². The summed E-state index contributed by atoms with van der Waals surface area (Å²) in [6.07, 6.45) is -4.98. The molecule has 2 amide bonds. The first-order chi connectivity index (χ1) is 15.8. The molecule has 0 radical (unpaired) electrons. The zero-order valence-electron chi connectivity index (χ0n) is 18.2. The molecule has 0 bridgehead atoms. The lowest BCUT2D eigenvalue weighted by molar-refractivity contribution is -0.138. The molecule has 1 atom stereocenters. The Morgan fingerprint density at radius 2 is 1.64 bits per heavy atom. The summed E-state index contributed by atoms with van der Waals surface area (Å²) in [6.45, 7) is 1.66. The van der Waals surface area contributed by atoms with Gasteiger partial charge in [-0.3, -0.25) is 9.59 Å². The number of carbonyl (C=O) groups excluding carboxylic acids is 2. The van der Waals surface area contributed by atoms with Gasteiger partial charge in [-0.25, -0.2) is 13.6 Å². The van der Waals surface area contributed by atoms with Crippen LogP contribution in [0.25, 0.3) is 11.1 Å². The van der Waals surface area contributed by atoms with E-state index in [2.05, 4.69) is 5.32 Å². The molecule has 3 rings (SSSR count). The third kappa shape index (κ3) is 5.85. The molecule has 33 heavy (non-hydrogen) atoms. The first-order valence-electron chi connectivity index (χ1n) is 10.7. The number of carbonyl (C=O) groups is 3. The van der Waals surface area contributed by atoms with E-state index < -0.39 is 36.9 Å². The van der Waals surface area contributed by atoms with Gasteiger partial charge in [0.1, 0.15) is 12.6 Å². The number of halogens is 2. The van der Waals surface area contributed by atoms with E-state index in [0.717, 1.165) is 22.3 Å². The molecule has 9 heteroatoms. The number of nitrogens with one attached hydrogen (secondary N) is 1. The maximum absolute atomic E-state index is 13.5. The molecule has 1 aliphatic rings. The minimum absolute atomic E-state index is 0.0382. The molecule has 2 aromatic rings. The van der Waals surface area contributed by atoms with E-state index in [1.165, 1.54) is 4.90 Å². The largest absolute Gasteiger partial charge is 0.481 e. The highest BCUT2D eigenvalue weighted by atomic mass is 19.3. The molecule has 7 nitrogen and oxygen atoms in total. The van der Waals surface area contributed by atoms with Gasteiger partial charge in [0.25, 0.3) is 6.43 Å². The van der Waals surface area contributed by atoms with Crippen LogP contribution in [0.2, 0.25) is 0 Å². The predicted molar refractivity (Wildman–Crippen MR) is 117 cm³/mol. The number of carboxylic acids is 1. The molecule has 0 saturated heterocycles. The first-order valence-corrected chi connectivity index (χ1v) is 10.7. The van der Waals surface area contributed by atoms with Crippen molar-refractivity contribution in [3.63, 3.8) is 0 Å². The fourth-order valence-electron chi connectivity index (χ4n) is 4.00. The number of amides is 2. The third-order valence-corrected chi connectivity index (χ3v) is 5.68. The molecule has 0 saturated carbocycles. The predicted octanol–water partition coefficient (Wildman–Crippen LogP) is 3.87. The second-order valence-corrected chi connectivity index (χ2v) is 7.73. The highest BCUT2D eigenvalue weighted by Crippen LogP contribution is 2.44. The number of hydrogen-bond acceptors (Lipinski definition) is 4. The summed E-state index contributed by atoms with van der Waals surface area (Å²) in [7, 11) is 0. The Kier molecular flexibility index (Phi) is 7.97. The number of fused-ring (bicyclic) bond motifs is 3. The van der Waals surface area contributed by atoms with Crippen molar-refractivity contribution in [3.8, 4) is 11.1 Å². The van der Waals surface area contributed by atoms with E-state index >= 15 is 0 Å². The van der Waals surface area contributed by atoms with Gasteiger partial charge >= 0.3 is 12.1 Å². The minimum Gasteiger partial charge on any atom is -0.481 e. The normalized spacial score (nSPS) is 13.2. The quantitative estimate of drug-likeness (QED) is 0.561. The Balaban J connectivity index is 1.61. The van der Waals surface area contributed by atoms with Crippen LogP contribution in [-0.4, -0.2) is 60.1 Å². The van der Waals surface area contributed by atoms with E-state index in [1.807, 2.05) is 48.5 Å². The molecule has 0 spiro atoms. The summed E-state index contributed by atoms with van der Waals surface area (Å²) in [5.74, 6) is -1.98. The van der Waals surface area contributed by atoms with Crippen LogP contribution in [0.15, 0.2) is 48.5 Å². The lowest BCUT2D eigenvalue weighted by Gasteiger charge is -2.24. The van der Waals surface area contributed by atoms with E-state index in [9.17, 15) is 23.2 Å². The zero-order chi connectivity index (χ0) is 24.0. The summed E-state index contributed by atoms with van der Waals surface area (Å²) in [5.41, 5.74) is 4.06. The summed E-state index contributed by atoms with van der Waals surface area (Å²) in [4.78, 5) is 36.5. The molecule has 2 aromatic carbocycles. The van der Waals surface area contributed by atoms with Crippen LogP contribution in [0.1, 0.15) is 36.8 Å². The summed E-state index contributed by atoms with van der Waals surface area (Å²) in [5, 5.41) is 10.9. The average molecular weight is 460 g/mol. The SMILES string of the molecule is CCN(CCC(=O)O)C(=O)CC(NC(=O)OCC1c2ccccc2-c2ccccc21)C(F)F. The number of benzene rings is 2. The summed E-state index contributed by atoms with van der Waals surface area (Å²) >= 11 is 0.